The number of nitrogens with zero attached hydrogens (tertiary/aromatic N) is 5. The van der Waals surface area contributed by atoms with Crippen LogP contribution in [0.2, 0.25) is 0 Å². The third-order valence-corrected chi connectivity index (χ3v) is 9.86. The molecule has 2 aromatic carbocycles. The standard InChI is InChI=1S/C33H41FN6O4S/c1-23(2)44-28-11-7-8-24(18-28)21-38-16-14-33(15-17-38)31(36-27-9-5-4-6-10-27)37-32(41)40(33)30-19-26(34)12-13-29(30)25-20-35-39(22-25)45(3,42)43/h7-8,11-13,18-20,22-23,27H,4-6,9-10,14-17,21H2,1-3H3,(H,36,37,41). The second-order valence-corrected chi connectivity index (χ2v) is 14.5. The highest BCUT2D eigenvalue weighted by molar-refractivity contribution is 7.89. The monoisotopic (exact) mass is 636 g/mol. The molecular formula is C33H41FN6O4S. The highest BCUT2D eigenvalue weighted by Gasteiger charge is 2.53. The Hall–Kier alpha value is -3.77. The summed E-state index contributed by atoms with van der Waals surface area (Å²) in [5.41, 5.74) is 1.67. The third-order valence-electron chi connectivity index (χ3n) is 8.98. The first-order chi connectivity index (χ1) is 21.5. The van der Waals surface area contributed by atoms with E-state index in [0.29, 0.717) is 48.6 Å². The number of halogens is 1. The number of ether oxygens (including phenoxy) is 1. The van der Waals surface area contributed by atoms with Gasteiger partial charge in [-0.05, 0) is 75.4 Å². The molecule has 45 heavy (non-hydrogen) atoms. The van der Waals surface area contributed by atoms with E-state index in [2.05, 4.69) is 32.4 Å². The summed E-state index contributed by atoms with van der Waals surface area (Å²) in [7, 11) is -3.63. The van der Waals surface area contributed by atoms with Crippen molar-refractivity contribution >= 4 is 27.6 Å². The number of amides is 2. The predicted octanol–water partition coefficient (Wildman–Crippen LogP) is 5.58. The number of amidine groups is 1. The molecule has 6 rings (SSSR count). The van der Waals surface area contributed by atoms with Crippen molar-refractivity contribution in [3.63, 3.8) is 0 Å². The van der Waals surface area contributed by atoms with E-state index in [9.17, 15) is 17.6 Å². The van der Waals surface area contributed by atoms with Crippen molar-refractivity contribution in [3.8, 4) is 16.9 Å². The van der Waals surface area contributed by atoms with Crippen LogP contribution in [0, 0.1) is 5.82 Å². The molecule has 1 saturated heterocycles. The molecule has 1 N–H and O–H groups in total. The maximum atomic E-state index is 15.0. The van der Waals surface area contributed by atoms with Crippen LogP contribution in [0.5, 0.6) is 5.75 Å². The van der Waals surface area contributed by atoms with E-state index in [1.54, 1.807) is 11.0 Å². The molecule has 1 aromatic heterocycles. The Balaban J connectivity index is 1.33. The molecule has 0 unspecified atom stereocenters. The van der Waals surface area contributed by atoms with Gasteiger partial charge >= 0.3 is 6.03 Å². The lowest BCUT2D eigenvalue weighted by Gasteiger charge is -2.46. The molecule has 1 spiro atoms. The number of hydrogen-bond acceptors (Lipinski definition) is 7. The third kappa shape index (κ3) is 6.62. The van der Waals surface area contributed by atoms with E-state index in [1.807, 2.05) is 26.0 Å². The first kappa shape index (κ1) is 31.2. The van der Waals surface area contributed by atoms with Gasteiger partial charge in [-0.1, -0.05) is 31.4 Å². The highest BCUT2D eigenvalue weighted by atomic mass is 32.2. The minimum atomic E-state index is -3.63. The Kier molecular flexibility index (Phi) is 8.71. The Morgan fingerprint density at radius 3 is 2.53 bits per heavy atom. The molecule has 10 nitrogen and oxygen atoms in total. The van der Waals surface area contributed by atoms with Crippen molar-refractivity contribution in [2.24, 2.45) is 4.99 Å². The minimum Gasteiger partial charge on any atom is -0.491 e. The summed E-state index contributed by atoms with van der Waals surface area (Å²) in [6.07, 6.45) is 10.6. The largest absolute Gasteiger partial charge is 0.491 e. The van der Waals surface area contributed by atoms with Gasteiger partial charge in [0.05, 0.1) is 30.4 Å². The van der Waals surface area contributed by atoms with Crippen LogP contribution < -0.4 is 15.0 Å². The summed E-state index contributed by atoms with van der Waals surface area (Å²) in [5, 5.41) is 7.68. The van der Waals surface area contributed by atoms with Gasteiger partial charge in [-0.2, -0.15) is 14.2 Å². The average molecular weight is 637 g/mol. The molecule has 3 aromatic rings. The summed E-state index contributed by atoms with van der Waals surface area (Å²) in [6.45, 7) is 6.14. The van der Waals surface area contributed by atoms with Crippen LogP contribution in [0.4, 0.5) is 14.9 Å². The van der Waals surface area contributed by atoms with Gasteiger partial charge in [0, 0.05) is 36.8 Å². The number of carbonyl (C=O) groups excluding carboxylic acids is 1. The number of carbonyl (C=O) groups is 1. The van der Waals surface area contributed by atoms with Crippen LogP contribution >= 0.6 is 0 Å². The van der Waals surface area contributed by atoms with E-state index >= 15 is 0 Å². The van der Waals surface area contributed by atoms with Gasteiger partial charge in [-0.25, -0.2) is 17.6 Å². The number of anilines is 1. The van der Waals surface area contributed by atoms with Gasteiger partial charge in [0.25, 0.3) is 10.0 Å². The molecule has 2 aliphatic heterocycles. The number of nitrogens with one attached hydrogen (secondary N) is 1. The Morgan fingerprint density at radius 1 is 1.09 bits per heavy atom. The molecule has 0 bridgehead atoms. The van der Waals surface area contributed by atoms with Gasteiger partial charge in [0.1, 0.15) is 22.9 Å². The number of likely N-dealkylation sites (tertiary alicyclic amines) is 1. The number of piperidine rings is 1. The Morgan fingerprint density at radius 2 is 1.84 bits per heavy atom. The predicted molar refractivity (Wildman–Crippen MR) is 173 cm³/mol. The number of urea groups is 1. The summed E-state index contributed by atoms with van der Waals surface area (Å²) in [4.78, 5) is 22.5. The van der Waals surface area contributed by atoms with Gasteiger partial charge in [0.15, 0.2) is 0 Å². The summed E-state index contributed by atoms with van der Waals surface area (Å²) in [5.74, 6) is 0.989. The molecule has 3 heterocycles. The quantitative estimate of drug-likeness (QED) is 0.344. The molecule has 1 aliphatic carbocycles. The number of aromatic nitrogens is 2. The minimum absolute atomic E-state index is 0.0868. The summed E-state index contributed by atoms with van der Waals surface area (Å²) >= 11 is 0. The highest BCUT2D eigenvalue weighted by Crippen LogP contribution is 2.43. The van der Waals surface area contributed by atoms with Crippen molar-refractivity contribution < 1.29 is 22.3 Å². The summed E-state index contributed by atoms with van der Waals surface area (Å²) in [6, 6.07) is 12.1. The number of rotatable bonds is 8. The second kappa shape index (κ2) is 12.6. The zero-order chi connectivity index (χ0) is 31.8. The van der Waals surface area contributed by atoms with Crippen LogP contribution in [-0.2, 0) is 16.6 Å². The van der Waals surface area contributed by atoms with Gasteiger partial charge in [-0.3, -0.25) is 9.80 Å². The maximum absolute atomic E-state index is 15.0. The van der Waals surface area contributed by atoms with Crippen LogP contribution in [0.25, 0.3) is 11.1 Å². The number of hydrogen-bond donors (Lipinski definition) is 1. The van der Waals surface area contributed by atoms with Crippen LogP contribution in [0.1, 0.15) is 64.4 Å². The fourth-order valence-corrected chi connectivity index (χ4v) is 7.35. The van der Waals surface area contributed by atoms with Gasteiger partial charge in [0.2, 0.25) is 0 Å². The van der Waals surface area contributed by atoms with Gasteiger partial charge in [-0.15, -0.1) is 0 Å². The number of benzene rings is 2. The van der Waals surface area contributed by atoms with Crippen LogP contribution in [0.15, 0.2) is 59.9 Å². The average Bonchev–Trinajstić information content (AvgIpc) is 3.58. The van der Waals surface area contributed by atoms with Crippen LogP contribution in [0.3, 0.4) is 0 Å². The van der Waals surface area contributed by atoms with Crippen molar-refractivity contribution in [1.82, 2.24) is 19.4 Å². The zero-order valence-electron chi connectivity index (χ0n) is 26.1. The van der Waals surface area contributed by atoms with Gasteiger partial charge < -0.3 is 10.1 Å². The fourth-order valence-electron chi connectivity index (χ4n) is 6.83. The zero-order valence-corrected chi connectivity index (χ0v) is 26.9. The van der Waals surface area contributed by atoms with E-state index in [4.69, 9.17) is 4.74 Å². The summed E-state index contributed by atoms with van der Waals surface area (Å²) < 4.78 is 46.1. The molecule has 3 aliphatic rings. The van der Waals surface area contributed by atoms with Crippen LogP contribution in [-0.4, -0.2) is 71.4 Å². The first-order valence-electron chi connectivity index (χ1n) is 15.7. The van der Waals surface area contributed by atoms with E-state index < -0.39 is 27.4 Å². The maximum Gasteiger partial charge on any atom is 0.350 e. The first-order valence-corrected chi connectivity index (χ1v) is 17.6. The molecule has 12 heteroatoms. The molecule has 2 fully saturated rings. The molecule has 0 atom stereocenters. The molecule has 240 valence electrons. The van der Waals surface area contributed by atoms with E-state index in [1.165, 1.54) is 30.9 Å². The van der Waals surface area contributed by atoms with Crippen molar-refractivity contribution in [2.45, 2.75) is 83.0 Å². The smallest absolute Gasteiger partial charge is 0.350 e. The number of aliphatic imine (C=N–C) groups is 1. The lowest BCUT2D eigenvalue weighted by atomic mass is 9.83. The molecular weight excluding hydrogens is 595 g/mol. The Bertz CT molecular complexity index is 1690. The second-order valence-electron chi connectivity index (χ2n) is 12.7. The SMILES string of the molecule is CC(C)Oc1cccc(CN2CCC3(CC2)C(NC2CCCCC2)=NC(=O)N3c2cc(F)ccc2-c2cnn(S(C)(=O)=O)c2)c1. The van der Waals surface area contributed by atoms with Crippen molar-refractivity contribution in [2.75, 3.05) is 24.2 Å². The van der Waals surface area contributed by atoms with Crippen molar-refractivity contribution in [1.29, 1.82) is 0 Å². The molecule has 1 saturated carbocycles. The molecule has 2 amide bonds. The lowest BCUT2D eigenvalue weighted by molar-refractivity contribution is 0.181. The Labute approximate surface area is 264 Å². The van der Waals surface area contributed by atoms with E-state index in [-0.39, 0.29) is 12.1 Å². The lowest BCUT2D eigenvalue weighted by Crippen LogP contribution is -2.62. The normalized spacial score (nSPS) is 19.4. The molecule has 0 radical (unpaired) electrons. The topological polar surface area (TPSA) is 109 Å². The van der Waals surface area contributed by atoms with Crippen molar-refractivity contribution in [3.05, 3.63) is 66.2 Å². The fraction of sp³-hybridized carbons (Fsp3) is 0.485. The van der Waals surface area contributed by atoms with E-state index in [0.717, 1.165) is 53.9 Å².